The van der Waals surface area contributed by atoms with Gasteiger partial charge in [0.25, 0.3) is 15.5 Å². The highest BCUT2D eigenvalue weighted by atomic mass is 35.7. The van der Waals surface area contributed by atoms with Crippen molar-refractivity contribution >= 4 is 31.3 Å². The molecule has 0 aliphatic carbocycles. The third-order valence-electron chi connectivity index (χ3n) is 2.02. The number of halogens is 4. The second kappa shape index (κ2) is 5.17. The largest absolute Gasteiger partial charge is 0.265 e. The van der Waals surface area contributed by atoms with Crippen LogP contribution in [0.4, 0.5) is 8.78 Å². The third kappa shape index (κ3) is 2.86. The number of hydrogen-bond donors (Lipinski definition) is 0. The monoisotopic (exact) mass is 299 g/mol. The van der Waals surface area contributed by atoms with E-state index in [-0.39, 0.29) is 11.1 Å². The maximum atomic E-state index is 12.7. The van der Waals surface area contributed by atoms with E-state index < -0.39 is 31.8 Å². The van der Waals surface area contributed by atoms with E-state index in [9.17, 15) is 17.2 Å². The number of rotatable bonds is 3. The molecule has 1 rings (SSSR count). The van der Waals surface area contributed by atoms with Gasteiger partial charge >= 0.3 is 0 Å². The Kier molecular flexibility index (Phi) is 4.31. The van der Waals surface area contributed by atoms with E-state index in [1.54, 1.807) is 6.07 Å². The molecule has 8 heteroatoms. The molecule has 0 amide bonds. The molecule has 0 N–H and O–H groups in total. The van der Waals surface area contributed by atoms with Gasteiger partial charge in [0.05, 0.1) is 22.4 Å². The SMILES string of the molecule is N#Cc1ccc(C(F)F)c(S(=O)(=O)Cl)c1CCl. The predicted molar refractivity (Wildman–Crippen MR) is 58.7 cm³/mol. The van der Waals surface area contributed by atoms with E-state index in [1.807, 2.05) is 0 Å². The second-order valence-electron chi connectivity index (χ2n) is 2.99. The fraction of sp³-hybridized carbons (Fsp3) is 0.222. The Balaban J connectivity index is 3.77. The Morgan fingerprint density at radius 2 is 2.00 bits per heavy atom. The Morgan fingerprint density at radius 3 is 2.35 bits per heavy atom. The van der Waals surface area contributed by atoms with Crippen molar-refractivity contribution in [1.29, 1.82) is 5.26 Å². The van der Waals surface area contributed by atoms with Gasteiger partial charge < -0.3 is 0 Å². The van der Waals surface area contributed by atoms with Crippen LogP contribution in [0.2, 0.25) is 0 Å². The van der Waals surface area contributed by atoms with Crippen molar-refractivity contribution in [3.8, 4) is 6.07 Å². The number of alkyl halides is 3. The van der Waals surface area contributed by atoms with Gasteiger partial charge in [-0.1, -0.05) is 6.07 Å². The zero-order chi connectivity index (χ0) is 13.2. The second-order valence-corrected chi connectivity index (χ2v) is 5.76. The number of nitrogens with zero attached hydrogens (tertiary/aromatic N) is 1. The lowest BCUT2D eigenvalue weighted by atomic mass is 10.1. The van der Waals surface area contributed by atoms with Gasteiger partial charge in [-0.25, -0.2) is 17.2 Å². The summed E-state index contributed by atoms with van der Waals surface area (Å²) in [6.45, 7) is 0. The summed E-state index contributed by atoms with van der Waals surface area (Å²) in [5.41, 5.74) is -1.06. The van der Waals surface area contributed by atoms with Gasteiger partial charge in [0, 0.05) is 21.8 Å². The fourth-order valence-electron chi connectivity index (χ4n) is 1.34. The number of hydrogen-bond acceptors (Lipinski definition) is 3. The molecule has 0 aromatic heterocycles. The third-order valence-corrected chi connectivity index (χ3v) is 3.72. The van der Waals surface area contributed by atoms with E-state index in [0.29, 0.717) is 0 Å². The van der Waals surface area contributed by atoms with Crippen LogP contribution in [0.25, 0.3) is 0 Å². The normalized spacial score (nSPS) is 11.5. The van der Waals surface area contributed by atoms with Gasteiger partial charge in [-0.05, 0) is 6.07 Å². The van der Waals surface area contributed by atoms with Crippen molar-refractivity contribution in [2.75, 3.05) is 0 Å². The molecule has 0 heterocycles. The van der Waals surface area contributed by atoms with Gasteiger partial charge in [0.1, 0.15) is 0 Å². The van der Waals surface area contributed by atoms with Gasteiger partial charge in [0.15, 0.2) is 0 Å². The lowest BCUT2D eigenvalue weighted by molar-refractivity contribution is 0.148. The Labute approximate surface area is 106 Å². The first-order valence-electron chi connectivity index (χ1n) is 4.17. The Bertz CT molecular complexity index is 581. The highest BCUT2D eigenvalue weighted by Gasteiger charge is 2.27. The molecule has 0 atom stereocenters. The standard InChI is InChI=1S/C9H5Cl2F2NO2S/c10-3-7-5(4-14)1-2-6(9(12)13)8(7)17(11,15)16/h1-2,9H,3H2. The molecular weight excluding hydrogens is 295 g/mol. The van der Waals surface area contributed by atoms with Gasteiger partial charge in [-0.15, -0.1) is 11.6 Å². The van der Waals surface area contributed by atoms with E-state index in [0.717, 1.165) is 12.1 Å². The lowest BCUT2D eigenvalue weighted by Gasteiger charge is -2.11. The molecule has 0 aliphatic heterocycles. The number of benzene rings is 1. The average molecular weight is 300 g/mol. The van der Waals surface area contributed by atoms with Crippen LogP contribution in [0.1, 0.15) is 23.1 Å². The molecule has 17 heavy (non-hydrogen) atoms. The quantitative estimate of drug-likeness (QED) is 0.636. The minimum absolute atomic E-state index is 0.0939. The molecule has 92 valence electrons. The van der Waals surface area contributed by atoms with Crippen molar-refractivity contribution in [3.63, 3.8) is 0 Å². The van der Waals surface area contributed by atoms with E-state index in [2.05, 4.69) is 0 Å². The predicted octanol–water partition coefficient (Wildman–Crippen LogP) is 3.16. The molecular formula is C9H5Cl2F2NO2S. The maximum Gasteiger partial charge on any atom is 0.265 e. The summed E-state index contributed by atoms with van der Waals surface area (Å²) in [6, 6.07) is 3.62. The molecule has 0 unspecified atom stereocenters. The first-order chi connectivity index (χ1) is 7.82. The molecule has 0 bridgehead atoms. The van der Waals surface area contributed by atoms with Crippen LogP contribution in [-0.4, -0.2) is 8.42 Å². The van der Waals surface area contributed by atoms with Crippen molar-refractivity contribution in [3.05, 3.63) is 28.8 Å². The first kappa shape index (κ1) is 14.2. The van der Waals surface area contributed by atoms with Crippen LogP contribution >= 0.6 is 22.3 Å². The van der Waals surface area contributed by atoms with E-state index >= 15 is 0 Å². The maximum absolute atomic E-state index is 12.7. The summed E-state index contributed by atoms with van der Waals surface area (Å²) in [5, 5.41) is 8.74. The molecule has 0 saturated heterocycles. The molecule has 0 spiro atoms. The van der Waals surface area contributed by atoms with Gasteiger partial charge in [0.2, 0.25) is 0 Å². The topological polar surface area (TPSA) is 57.9 Å². The van der Waals surface area contributed by atoms with E-state index in [4.69, 9.17) is 27.5 Å². The van der Waals surface area contributed by atoms with Crippen molar-refractivity contribution < 1.29 is 17.2 Å². The fourth-order valence-corrected chi connectivity index (χ4v) is 3.16. The van der Waals surface area contributed by atoms with Crippen LogP contribution in [-0.2, 0) is 14.9 Å². The molecule has 0 fully saturated rings. The molecule has 3 nitrogen and oxygen atoms in total. The summed E-state index contributed by atoms with van der Waals surface area (Å²) in [5.74, 6) is -0.398. The zero-order valence-corrected chi connectivity index (χ0v) is 10.5. The molecule has 1 aromatic rings. The van der Waals surface area contributed by atoms with Crippen LogP contribution in [0, 0.1) is 11.3 Å². The van der Waals surface area contributed by atoms with Crippen molar-refractivity contribution in [1.82, 2.24) is 0 Å². The minimum atomic E-state index is -4.40. The Hall–Kier alpha value is -0.900. The van der Waals surface area contributed by atoms with Gasteiger partial charge in [-0.3, -0.25) is 0 Å². The summed E-state index contributed by atoms with van der Waals surface area (Å²) >= 11 is 5.48. The van der Waals surface area contributed by atoms with Crippen LogP contribution in [0.3, 0.4) is 0 Å². The minimum Gasteiger partial charge on any atom is -0.207 e. The molecule has 0 aliphatic rings. The average Bonchev–Trinajstić information content (AvgIpc) is 2.25. The van der Waals surface area contributed by atoms with Crippen molar-refractivity contribution in [2.24, 2.45) is 0 Å². The smallest absolute Gasteiger partial charge is 0.207 e. The molecule has 0 radical (unpaired) electrons. The highest BCUT2D eigenvalue weighted by molar-refractivity contribution is 8.13. The highest BCUT2D eigenvalue weighted by Crippen LogP contribution is 2.34. The van der Waals surface area contributed by atoms with Crippen LogP contribution in [0.5, 0.6) is 0 Å². The molecule has 1 aromatic carbocycles. The lowest BCUT2D eigenvalue weighted by Crippen LogP contribution is -2.05. The van der Waals surface area contributed by atoms with Gasteiger partial charge in [-0.2, -0.15) is 5.26 Å². The van der Waals surface area contributed by atoms with Crippen LogP contribution in [0.15, 0.2) is 17.0 Å². The van der Waals surface area contributed by atoms with Crippen LogP contribution < -0.4 is 0 Å². The summed E-state index contributed by atoms with van der Waals surface area (Å²) in [6.07, 6.45) is -3.02. The zero-order valence-electron chi connectivity index (χ0n) is 8.12. The molecule has 0 saturated carbocycles. The summed E-state index contributed by atoms with van der Waals surface area (Å²) in [4.78, 5) is -0.775. The number of nitriles is 1. The summed E-state index contributed by atoms with van der Waals surface area (Å²) in [7, 11) is 0.694. The Morgan fingerprint density at radius 1 is 1.41 bits per heavy atom. The summed E-state index contributed by atoms with van der Waals surface area (Å²) < 4.78 is 47.9. The van der Waals surface area contributed by atoms with Crippen molar-refractivity contribution in [2.45, 2.75) is 17.2 Å². The first-order valence-corrected chi connectivity index (χ1v) is 7.02. The van der Waals surface area contributed by atoms with E-state index in [1.165, 1.54) is 0 Å².